The van der Waals surface area contributed by atoms with Gasteiger partial charge in [0.25, 0.3) is 0 Å². The van der Waals surface area contributed by atoms with Gasteiger partial charge in [-0.15, -0.1) is 0 Å². The average molecular weight is 341 g/mol. The summed E-state index contributed by atoms with van der Waals surface area (Å²) in [5.74, 6) is 1.56. The molecule has 5 nitrogen and oxygen atoms in total. The number of piperidine rings is 1. The first-order chi connectivity index (χ1) is 12.3. The molecule has 25 heavy (non-hydrogen) atoms. The molecule has 1 N–H and O–H groups in total. The summed E-state index contributed by atoms with van der Waals surface area (Å²) in [6.07, 6.45) is 6.06. The van der Waals surface area contributed by atoms with Crippen molar-refractivity contribution < 1.29 is 9.47 Å². The fourth-order valence-electron chi connectivity index (χ4n) is 3.26. The summed E-state index contributed by atoms with van der Waals surface area (Å²) in [7, 11) is 3.74. The lowest BCUT2D eigenvalue weighted by Gasteiger charge is -2.32. The number of nitrogens with zero attached hydrogens (tertiary/aromatic N) is 2. The zero-order chi connectivity index (χ0) is 17.5. The van der Waals surface area contributed by atoms with Crippen molar-refractivity contribution in [3.05, 3.63) is 53.9 Å². The van der Waals surface area contributed by atoms with Crippen LogP contribution in [0.2, 0.25) is 0 Å². The van der Waals surface area contributed by atoms with E-state index < -0.39 is 0 Å². The fraction of sp³-hybridized carbons (Fsp3) is 0.450. The number of hydrogen-bond acceptors (Lipinski definition) is 5. The minimum absolute atomic E-state index is 0.508. The van der Waals surface area contributed by atoms with Gasteiger partial charge in [-0.25, -0.2) is 0 Å². The molecule has 1 unspecified atom stereocenters. The molecule has 0 bridgehead atoms. The van der Waals surface area contributed by atoms with E-state index in [1.54, 1.807) is 19.5 Å². The van der Waals surface area contributed by atoms with Gasteiger partial charge in [0.15, 0.2) is 11.5 Å². The van der Waals surface area contributed by atoms with Gasteiger partial charge in [-0.05, 0) is 61.8 Å². The highest BCUT2D eigenvalue weighted by Gasteiger charge is 2.18. The molecule has 3 rings (SSSR count). The maximum atomic E-state index is 5.92. The van der Waals surface area contributed by atoms with Gasteiger partial charge in [0.05, 0.1) is 7.11 Å². The molecule has 1 aromatic carbocycles. The lowest BCUT2D eigenvalue weighted by atomic mass is 10.0. The smallest absolute Gasteiger partial charge is 0.161 e. The number of pyridine rings is 1. The highest BCUT2D eigenvalue weighted by Crippen LogP contribution is 2.29. The van der Waals surface area contributed by atoms with Gasteiger partial charge in [0.2, 0.25) is 0 Å². The van der Waals surface area contributed by atoms with Crippen LogP contribution in [-0.4, -0.2) is 43.2 Å². The van der Waals surface area contributed by atoms with Crippen molar-refractivity contribution in [1.29, 1.82) is 0 Å². The van der Waals surface area contributed by atoms with Crippen molar-refractivity contribution in [2.75, 3.05) is 27.2 Å². The number of nitrogens with one attached hydrogen (secondary N) is 1. The second-order valence-corrected chi connectivity index (χ2v) is 6.49. The Morgan fingerprint density at radius 3 is 2.76 bits per heavy atom. The van der Waals surface area contributed by atoms with Crippen molar-refractivity contribution >= 4 is 0 Å². The van der Waals surface area contributed by atoms with E-state index in [0.717, 1.165) is 36.7 Å². The van der Waals surface area contributed by atoms with Crippen LogP contribution in [-0.2, 0) is 13.2 Å². The quantitative estimate of drug-likeness (QED) is 0.839. The molecule has 0 spiro atoms. The van der Waals surface area contributed by atoms with Crippen LogP contribution >= 0.6 is 0 Å². The van der Waals surface area contributed by atoms with Crippen LogP contribution in [0.5, 0.6) is 11.5 Å². The molecule has 1 aromatic heterocycles. The van der Waals surface area contributed by atoms with E-state index in [1.165, 1.54) is 18.4 Å². The molecule has 1 atom stereocenters. The first-order valence-corrected chi connectivity index (χ1v) is 8.86. The molecule has 0 saturated carbocycles. The fourth-order valence-corrected chi connectivity index (χ4v) is 3.26. The van der Waals surface area contributed by atoms with Crippen molar-refractivity contribution in [2.24, 2.45) is 0 Å². The third-order valence-corrected chi connectivity index (χ3v) is 4.69. The third kappa shape index (κ3) is 4.94. The first-order valence-electron chi connectivity index (χ1n) is 8.86. The summed E-state index contributed by atoms with van der Waals surface area (Å²) < 4.78 is 11.5. The molecule has 1 fully saturated rings. The SMILES string of the molecule is CNC1CCCN(Cc2ccc(OCc3ccncc3)c(OC)c2)C1. The van der Waals surface area contributed by atoms with Gasteiger partial charge < -0.3 is 14.8 Å². The average Bonchev–Trinajstić information content (AvgIpc) is 2.67. The molecule has 134 valence electrons. The Bertz CT molecular complexity index is 663. The summed E-state index contributed by atoms with van der Waals surface area (Å²) >= 11 is 0. The Kier molecular flexibility index (Phi) is 6.25. The van der Waals surface area contributed by atoms with Gasteiger partial charge in [-0.2, -0.15) is 0 Å². The summed E-state index contributed by atoms with van der Waals surface area (Å²) in [5, 5.41) is 3.39. The summed E-state index contributed by atoms with van der Waals surface area (Å²) in [4.78, 5) is 6.52. The third-order valence-electron chi connectivity index (χ3n) is 4.69. The van der Waals surface area contributed by atoms with Crippen molar-refractivity contribution in [3.8, 4) is 11.5 Å². The lowest BCUT2D eigenvalue weighted by Crippen LogP contribution is -2.43. The van der Waals surface area contributed by atoms with Crippen LogP contribution in [0, 0.1) is 0 Å². The van der Waals surface area contributed by atoms with E-state index in [2.05, 4.69) is 27.3 Å². The van der Waals surface area contributed by atoms with E-state index in [1.807, 2.05) is 25.2 Å². The number of hydrogen-bond donors (Lipinski definition) is 1. The number of rotatable bonds is 7. The molecule has 0 amide bonds. The van der Waals surface area contributed by atoms with Gasteiger partial charge >= 0.3 is 0 Å². The zero-order valence-electron chi connectivity index (χ0n) is 15.1. The van der Waals surface area contributed by atoms with E-state index in [4.69, 9.17) is 9.47 Å². The first kappa shape index (κ1) is 17.7. The second-order valence-electron chi connectivity index (χ2n) is 6.49. The standard InChI is InChI=1S/C20H27N3O2/c1-21-18-4-3-11-23(14-18)13-17-5-6-19(20(12-17)24-2)25-15-16-7-9-22-10-8-16/h5-10,12,18,21H,3-4,11,13-15H2,1-2H3. The minimum Gasteiger partial charge on any atom is -0.493 e. The summed E-state index contributed by atoms with van der Waals surface area (Å²) in [6, 6.07) is 10.7. The van der Waals surface area contributed by atoms with E-state index in [0.29, 0.717) is 12.6 Å². The molecule has 0 radical (unpaired) electrons. The van der Waals surface area contributed by atoms with Gasteiger partial charge in [0.1, 0.15) is 6.61 Å². The second kappa shape index (κ2) is 8.83. The van der Waals surface area contributed by atoms with E-state index >= 15 is 0 Å². The van der Waals surface area contributed by atoms with Gasteiger partial charge in [-0.1, -0.05) is 6.07 Å². The van der Waals surface area contributed by atoms with E-state index in [-0.39, 0.29) is 0 Å². The topological polar surface area (TPSA) is 46.6 Å². The Hall–Kier alpha value is -2.11. The molecule has 2 heterocycles. The Morgan fingerprint density at radius 1 is 1.16 bits per heavy atom. The molecule has 2 aromatic rings. The van der Waals surface area contributed by atoms with Gasteiger partial charge in [-0.3, -0.25) is 9.88 Å². The van der Waals surface area contributed by atoms with Crippen LogP contribution in [0.15, 0.2) is 42.7 Å². The molecule has 5 heteroatoms. The minimum atomic E-state index is 0.508. The summed E-state index contributed by atoms with van der Waals surface area (Å²) in [6.45, 7) is 3.70. The van der Waals surface area contributed by atoms with Crippen LogP contribution < -0.4 is 14.8 Å². The normalized spacial score (nSPS) is 18.1. The van der Waals surface area contributed by atoms with Crippen LogP contribution in [0.4, 0.5) is 0 Å². The van der Waals surface area contributed by atoms with E-state index in [9.17, 15) is 0 Å². The number of benzene rings is 1. The van der Waals surface area contributed by atoms with Crippen molar-refractivity contribution in [1.82, 2.24) is 15.2 Å². The number of likely N-dealkylation sites (N-methyl/N-ethyl adjacent to an activating group) is 1. The highest BCUT2D eigenvalue weighted by atomic mass is 16.5. The number of likely N-dealkylation sites (tertiary alicyclic amines) is 1. The maximum Gasteiger partial charge on any atom is 0.161 e. The zero-order valence-corrected chi connectivity index (χ0v) is 15.1. The largest absolute Gasteiger partial charge is 0.493 e. The van der Waals surface area contributed by atoms with Crippen LogP contribution in [0.25, 0.3) is 0 Å². The molecular weight excluding hydrogens is 314 g/mol. The predicted octanol–water partition coefficient (Wildman–Crippen LogP) is 2.85. The molecule has 1 saturated heterocycles. The molecule has 1 aliphatic heterocycles. The van der Waals surface area contributed by atoms with Crippen LogP contribution in [0.3, 0.4) is 0 Å². The molecular formula is C20H27N3O2. The lowest BCUT2D eigenvalue weighted by molar-refractivity contribution is 0.187. The monoisotopic (exact) mass is 341 g/mol. The maximum absolute atomic E-state index is 5.92. The number of ether oxygens (including phenoxy) is 2. The highest BCUT2D eigenvalue weighted by molar-refractivity contribution is 5.43. The van der Waals surface area contributed by atoms with Gasteiger partial charge in [0, 0.05) is 31.5 Å². The predicted molar refractivity (Wildman–Crippen MR) is 98.9 cm³/mol. The Labute approximate surface area is 150 Å². The number of methoxy groups -OCH3 is 1. The van der Waals surface area contributed by atoms with Crippen LogP contribution in [0.1, 0.15) is 24.0 Å². The number of aromatic nitrogens is 1. The van der Waals surface area contributed by atoms with Crippen molar-refractivity contribution in [3.63, 3.8) is 0 Å². The molecule has 1 aliphatic rings. The Morgan fingerprint density at radius 2 is 2.00 bits per heavy atom. The summed E-state index contributed by atoms with van der Waals surface area (Å²) in [5.41, 5.74) is 2.34. The molecule has 0 aliphatic carbocycles. The van der Waals surface area contributed by atoms with Crippen molar-refractivity contribution in [2.45, 2.75) is 32.0 Å². The Balaban J connectivity index is 1.63.